The Balaban J connectivity index is 0.877. The summed E-state index contributed by atoms with van der Waals surface area (Å²) in [4.78, 5) is 129. The number of amides is 7. The number of nitrogens with two attached hydrogens (primary N) is 1. The quantitative estimate of drug-likeness (QED) is 0.0214. The minimum atomic E-state index is -1.09. The average molecular weight is 1150 g/mol. The summed E-state index contributed by atoms with van der Waals surface area (Å²) in [5.41, 5.74) is 8.42. The van der Waals surface area contributed by atoms with Crippen LogP contribution in [0.4, 0.5) is 5.69 Å². The van der Waals surface area contributed by atoms with Crippen molar-refractivity contribution in [2.24, 2.45) is 16.1 Å². The van der Waals surface area contributed by atoms with E-state index in [2.05, 4.69) is 47.1 Å². The number of nitrogens with one attached hydrogen (secondary N) is 7. The van der Waals surface area contributed by atoms with Gasteiger partial charge in [-0.1, -0.05) is 92.6 Å². The Kier molecular flexibility index (Phi) is 21.9. The highest BCUT2D eigenvalue weighted by atomic mass is 16.2. The number of fused-ring (bicyclic) bond motifs is 2. The fraction of sp³-hybridized carbons (Fsp3) is 0.443. The molecule has 9 N–H and O–H groups in total. The lowest BCUT2D eigenvalue weighted by molar-refractivity contribution is -0.137. The predicted molar refractivity (Wildman–Crippen MR) is 318 cm³/mol. The van der Waals surface area contributed by atoms with Gasteiger partial charge in [-0.3, -0.25) is 48.8 Å². The van der Waals surface area contributed by atoms with Crippen LogP contribution < -0.4 is 54.3 Å². The van der Waals surface area contributed by atoms with Gasteiger partial charge in [0.05, 0.1) is 17.4 Å². The predicted octanol–water partition coefficient (Wildman–Crippen LogP) is 2.84. The highest BCUT2D eigenvalue weighted by Gasteiger charge is 2.41. The number of benzene rings is 4. The molecule has 2 atom stereocenters. The third-order valence-corrected chi connectivity index (χ3v) is 15.7. The van der Waals surface area contributed by atoms with Crippen LogP contribution in [0.2, 0.25) is 0 Å². The van der Waals surface area contributed by atoms with E-state index in [0.717, 1.165) is 34.2 Å². The second-order valence-electron chi connectivity index (χ2n) is 21.5. The zero-order valence-corrected chi connectivity index (χ0v) is 47.7. The molecule has 1 aromatic heterocycles. The van der Waals surface area contributed by atoms with Crippen LogP contribution in [0.1, 0.15) is 112 Å². The van der Waals surface area contributed by atoms with Crippen LogP contribution in [0, 0.1) is 5.41 Å². The zero-order chi connectivity index (χ0) is 59.4. The highest BCUT2D eigenvalue weighted by molar-refractivity contribution is 6.07. The number of hydrogen-bond donors (Lipinski definition) is 8. The normalized spacial score (nSPS) is 16.1. The number of aliphatic imine (C=N–C) groups is 1. The van der Waals surface area contributed by atoms with Gasteiger partial charge in [-0.25, -0.2) is 14.2 Å². The minimum absolute atomic E-state index is 0.0117. The van der Waals surface area contributed by atoms with Crippen LogP contribution in [0.15, 0.2) is 124 Å². The van der Waals surface area contributed by atoms with Crippen molar-refractivity contribution in [3.05, 3.63) is 147 Å². The Labute approximate surface area is 488 Å². The lowest BCUT2D eigenvalue weighted by Crippen LogP contribution is -2.51. The summed E-state index contributed by atoms with van der Waals surface area (Å²) in [7, 11) is 0. The molecule has 4 aromatic carbocycles. The van der Waals surface area contributed by atoms with E-state index in [9.17, 15) is 43.2 Å². The molecule has 23 nitrogen and oxygen atoms in total. The lowest BCUT2D eigenvalue weighted by atomic mass is 9.78. The molecule has 2 aliphatic heterocycles. The van der Waals surface area contributed by atoms with Gasteiger partial charge in [0.1, 0.15) is 6.04 Å². The zero-order valence-electron chi connectivity index (χ0n) is 47.7. The summed E-state index contributed by atoms with van der Waals surface area (Å²) in [6.07, 6.45) is 4.36. The Bertz CT molecular complexity index is 3180. The fourth-order valence-corrected chi connectivity index (χ4v) is 11.3. The number of carbonyl (C=O) groups excluding carboxylic acids is 7. The number of para-hydroxylation sites is 3. The number of rotatable bonds is 27. The molecule has 0 bridgehead atoms. The van der Waals surface area contributed by atoms with Gasteiger partial charge in [0.2, 0.25) is 35.4 Å². The van der Waals surface area contributed by atoms with Gasteiger partial charge in [-0.2, -0.15) is 9.36 Å². The van der Waals surface area contributed by atoms with E-state index < -0.39 is 40.6 Å². The van der Waals surface area contributed by atoms with Crippen LogP contribution in [0.25, 0.3) is 11.4 Å². The fourth-order valence-electron chi connectivity index (χ4n) is 11.3. The number of nitrogens with zero attached hydrogens (tertiary/aromatic N) is 6. The number of anilines is 1. The molecule has 84 heavy (non-hydrogen) atoms. The second kappa shape index (κ2) is 30.0. The van der Waals surface area contributed by atoms with Crippen LogP contribution in [-0.4, -0.2) is 143 Å². The van der Waals surface area contributed by atoms with Gasteiger partial charge < -0.3 is 42.5 Å². The SMILES string of the molecule is CCC(=O)NCCNCCNC(=O)CCCC(=O)NC(N)=NCCC[C@H](NC(=O)CC1(CC(=O)N2CCN(C3c4ccccc4NC(=O)c4ccccc43)CC2)CCCC1)C(=O)NCCn1c(=O)n(-c2ccccc2)n(-c2ccccc2)c1=O. The highest BCUT2D eigenvalue weighted by Crippen LogP contribution is 2.45. The first kappa shape index (κ1) is 61.4. The Hall–Kier alpha value is -8.70. The van der Waals surface area contributed by atoms with Gasteiger partial charge in [0.25, 0.3) is 5.91 Å². The first-order chi connectivity index (χ1) is 40.7. The van der Waals surface area contributed by atoms with Crippen molar-refractivity contribution in [3.63, 3.8) is 0 Å². The van der Waals surface area contributed by atoms with Crippen LogP contribution >= 0.6 is 0 Å². The summed E-state index contributed by atoms with van der Waals surface area (Å²) in [6.45, 7) is 5.59. The third-order valence-electron chi connectivity index (χ3n) is 15.7. The Morgan fingerprint density at radius 3 is 1.90 bits per heavy atom. The van der Waals surface area contributed by atoms with Gasteiger partial charge in [0, 0.05) is 115 Å². The maximum absolute atomic E-state index is 14.3. The molecule has 1 saturated heterocycles. The van der Waals surface area contributed by atoms with Crippen molar-refractivity contribution in [1.82, 2.24) is 55.6 Å². The van der Waals surface area contributed by atoms with E-state index in [4.69, 9.17) is 5.73 Å². The number of piperazine rings is 1. The van der Waals surface area contributed by atoms with Crippen molar-refractivity contribution in [1.29, 1.82) is 0 Å². The van der Waals surface area contributed by atoms with E-state index in [0.29, 0.717) is 88.6 Å². The van der Waals surface area contributed by atoms with Crippen LogP contribution in [0.3, 0.4) is 0 Å². The summed E-state index contributed by atoms with van der Waals surface area (Å²) in [6, 6.07) is 31.6. The molecular formula is C61H78N14O9. The molecule has 1 saturated carbocycles. The molecule has 446 valence electrons. The van der Waals surface area contributed by atoms with Gasteiger partial charge in [0.15, 0.2) is 5.96 Å². The second-order valence-corrected chi connectivity index (χ2v) is 21.5. The first-order valence-corrected chi connectivity index (χ1v) is 29.2. The Morgan fingerprint density at radius 2 is 1.25 bits per heavy atom. The smallest absolute Gasteiger partial charge is 0.352 e. The monoisotopic (exact) mass is 1150 g/mol. The summed E-state index contributed by atoms with van der Waals surface area (Å²) in [5, 5.41) is 20.1. The number of guanidine groups is 1. The molecule has 1 unspecified atom stereocenters. The van der Waals surface area contributed by atoms with E-state index in [1.54, 1.807) is 67.6 Å². The van der Waals surface area contributed by atoms with Crippen LogP contribution in [-0.2, 0) is 35.3 Å². The molecular weight excluding hydrogens is 1070 g/mol. The first-order valence-electron chi connectivity index (χ1n) is 29.2. The molecule has 0 spiro atoms. The summed E-state index contributed by atoms with van der Waals surface area (Å²) in [5.74, 6) is -1.97. The van der Waals surface area contributed by atoms with E-state index in [1.165, 1.54) is 9.36 Å². The molecule has 1 aliphatic carbocycles. The van der Waals surface area contributed by atoms with Gasteiger partial charge >= 0.3 is 11.4 Å². The van der Waals surface area contributed by atoms with Gasteiger partial charge in [-0.15, -0.1) is 0 Å². The van der Waals surface area contributed by atoms with Gasteiger partial charge in [-0.05, 0) is 85.0 Å². The van der Waals surface area contributed by atoms with E-state index in [1.807, 2.05) is 53.4 Å². The standard InChI is InChI=1S/C61H78N14O9/c1-2-50(76)64-33-31-63-32-34-65-51(77)26-15-27-52(78)70-58(62)67-30-16-25-49(57(82)66-35-36-73-59(83)74(43-17-5-3-6-18-43)75(60(73)84)44-19-7-4-8-20-44)68-53(79)41-61(28-13-14-29-61)42-54(80)71-37-39-72(40-38-71)55-45-21-9-10-22-46(45)56(81)69-48-24-12-11-23-47(48)55/h3-12,17-24,49,55,63H,2,13-16,25-42H2,1H3,(H,64,76)(H,65,77)(H,66,82)(H,68,79)(H,69,81)(H3,62,67,70,78)/t49-,55?/m0/s1. The van der Waals surface area contributed by atoms with Crippen molar-refractivity contribution in [2.75, 3.05) is 70.8 Å². The molecule has 3 heterocycles. The average Bonchev–Trinajstić information content (AvgIpc) is 3.62. The molecule has 7 amide bonds. The molecule has 23 heteroatoms. The molecule has 2 fully saturated rings. The molecule has 5 aromatic rings. The largest absolute Gasteiger partial charge is 0.370 e. The van der Waals surface area contributed by atoms with Crippen molar-refractivity contribution < 1.29 is 33.6 Å². The van der Waals surface area contributed by atoms with Crippen LogP contribution in [0.5, 0.6) is 0 Å². The molecule has 8 rings (SSSR count). The maximum atomic E-state index is 14.3. The Morgan fingerprint density at radius 1 is 0.655 bits per heavy atom. The minimum Gasteiger partial charge on any atom is -0.370 e. The van der Waals surface area contributed by atoms with Crippen molar-refractivity contribution in [3.8, 4) is 11.4 Å². The van der Waals surface area contributed by atoms with E-state index in [-0.39, 0.29) is 100 Å². The van der Waals surface area contributed by atoms with E-state index >= 15 is 0 Å². The lowest BCUT2D eigenvalue weighted by Gasteiger charge is -2.41. The maximum Gasteiger partial charge on any atom is 0.352 e. The molecule has 3 aliphatic rings. The summed E-state index contributed by atoms with van der Waals surface area (Å²) < 4.78 is 3.60. The number of hydrogen-bond acceptors (Lipinski definition) is 12. The van der Waals surface area contributed by atoms with Crippen molar-refractivity contribution >= 4 is 53.0 Å². The number of carbonyl (C=O) groups is 7. The topological polar surface area (TPSA) is 297 Å². The third kappa shape index (κ3) is 16.3. The number of aromatic nitrogens is 3. The van der Waals surface area contributed by atoms with Crippen molar-refractivity contribution in [2.45, 2.75) is 103 Å². The summed E-state index contributed by atoms with van der Waals surface area (Å²) >= 11 is 0. The molecule has 0 radical (unpaired) electrons.